The third-order valence-electron chi connectivity index (χ3n) is 3.41. The van der Waals surface area contributed by atoms with E-state index in [1.54, 1.807) is 45.2 Å². The van der Waals surface area contributed by atoms with Crippen molar-refractivity contribution in [3.8, 4) is 0 Å². The first-order valence-corrected chi connectivity index (χ1v) is 6.90. The molecule has 0 aliphatic carbocycles. The molecule has 0 aliphatic heterocycles. The number of hydrogen-bond donors (Lipinski definition) is 2. The quantitative estimate of drug-likeness (QED) is 0.810. The van der Waals surface area contributed by atoms with Crippen LogP contribution in [0.1, 0.15) is 32.8 Å². The summed E-state index contributed by atoms with van der Waals surface area (Å²) < 4.78 is 4.99. The van der Waals surface area contributed by atoms with Crippen molar-refractivity contribution in [2.24, 2.45) is 5.92 Å². The van der Waals surface area contributed by atoms with E-state index in [-0.39, 0.29) is 11.8 Å². The van der Waals surface area contributed by atoms with Crippen LogP contribution in [0.5, 0.6) is 0 Å². The number of nitrogens with one attached hydrogen (secondary N) is 1. The lowest BCUT2D eigenvalue weighted by Gasteiger charge is -2.20. The highest BCUT2D eigenvalue weighted by atomic mass is 16.5. The minimum Gasteiger partial charge on any atom is -0.481 e. The lowest BCUT2D eigenvalue weighted by molar-refractivity contribution is -0.142. The summed E-state index contributed by atoms with van der Waals surface area (Å²) in [5.41, 5.74) is 0.408. The fourth-order valence-corrected chi connectivity index (χ4v) is 1.97. The Bertz CT molecular complexity index is 494. The van der Waals surface area contributed by atoms with E-state index < -0.39 is 11.4 Å². The Hall–Kier alpha value is -1.88. The molecule has 1 rings (SSSR count). The van der Waals surface area contributed by atoms with Gasteiger partial charge in [0, 0.05) is 25.8 Å². The molecule has 5 heteroatoms. The largest absolute Gasteiger partial charge is 0.481 e. The first-order chi connectivity index (χ1) is 9.77. The molecule has 0 aliphatic rings. The van der Waals surface area contributed by atoms with Crippen molar-refractivity contribution in [3.63, 3.8) is 0 Å². The number of carbonyl (C=O) groups is 2. The molecule has 1 amide bonds. The number of ether oxygens (including phenoxy) is 1. The topological polar surface area (TPSA) is 75.6 Å². The standard InChI is InChI=1S/C16H23NO4/c1-11(10-21-4)9-14(18)17-13-7-5-12(6-8-13)16(2,3)15(19)20/h5-8,11H,9-10H2,1-4H3,(H,17,18)(H,19,20). The second-order valence-electron chi connectivity index (χ2n) is 5.82. The second-order valence-corrected chi connectivity index (χ2v) is 5.82. The molecular weight excluding hydrogens is 270 g/mol. The van der Waals surface area contributed by atoms with Crippen molar-refractivity contribution in [3.05, 3.63) is 29.8 Å². The first kappa shape index (κ1) is 17.2. The number of carboxylic acids is 1. The predicted octanol–water partition coefficient (Wildman–Crippen LogP) is 2.66. The van der Waals surface area contributed by atoms with Gasteiger partial charge in [-0.2, -0.15) is 0 Å². The van der Waals surface area contributed by atoms with Gasteiger partial charge in [-0.25, -0.2) is 0 Å². The van der Waals surface area contributed by atoms with Gasteiger partial charge in [-0.15, -0.1) is 0 Å². The third kappa shape index (κ3) is 4.86. The zero-order chi connectivity index (χ0) is 16.0. The molecule has 0 bridgehead atoms. The summed E-state index contributed by atoms with van der Waals surface area (Å²) in [6.07, 6.45) is 0.385. The Morgan fingerprint density at radius 1 is 1.29 bits per heavy atom. The van der Waals surface area contributed by atoms with E-state index in [9.17, 15) is 14.7 Å². The number of carbonyl (C=O) groups excluding carboxylic acids is 1. The van der Waals surface area contributed by atoms with Gasteiger partial charge in [0.25, 0.3) is 0 Å². The van der Waals surface area contributed by atoms with Crippen LogP contribution in [-0.2, 0) is 19.7 Å². The number of hydrogen-bond acceptors (Lipinski definition) is 3. The molecule has 0 saturated carbocycles. The van der Waals surface area contributed by atoms with Crippen molar-refractivity contribution in [1.29, 1.82) is 0 Å². The average Bonchev–Trinajstić information content (AvgIpc) is 2.39. The van der Waals surface area contributed by atoms with Gasteiger partial charge in [0.2, 0.25) is 5.91 Å². The molecule has 1 atom stereocenters. The minimum atomic E-state index is -0.949. The highest BCUT2D eigenvalue weighted by molar-refractivity contribution is 5.91. The summed E-state index contributed by atoms with van der Waals surface area (Å²) in [6.45, 7) is 5.78. The van der Waals surface area contributed by atoms with Gasteiger partial charge in [0.1, 0.15) is 0 Å². The first-order valence-electron chi connectivity index (χ1n) is 6.90. The van der Waals surface area contributed by atoms with Crippen molar-refractivity contribution >= 4 is 17.6 Å². The number of aliphatic carboxylic acids is 1. The van der Waals surface area contributed by atoms with E-state index in [4.69, 9.17) is 4.74 Å². The van der Waals surface area contributed by atoms with Gasteiger partial charge < -0.3 is 15.2 Å². The maximum atomic E-state index is 11.8. The summed E-state index contributed by atoms with van der Waals surface area (Å²) in [7, 11) is 1.61. The van der Waals surface area contributed by atoms with Crippen LogP contribution in [0.15, 0.2) is 24.3 Å². The number of carboxylic acid groups (broad SMARTS) is 1. The zero-order valence-electron chi connectivity index (χ0n) is 13.0. The fraction of sp³-hybridized carbons (Fsp3) is 0.500. The molecule has 2 N–H and O–H groups in total. The molecular formula is C16H23NO4. The Morgan fingerprint density at radius 3 is 2.33 bits per heavy atom. The van der Waals surface area contributed by atoms with Crippen LogP contribution in [0, 0.1) is 5.92 Å². The lowest BCUT2D eigenvalue weighted by Crippen LogP contribution is -2.28. The van der Waals surface area contributed by atoms with Crippen LogP contribution in [0.4, 0.5) is 5.69 Å². The summed E-state index contributed by atoms with van der Waals surface area (Å²) in [4.78, 5) is 23.0. The average molecular weight is 293 g/mol. The fourth-order valence-electron chi connectivity index (χ4n) is 1.97. The Labute approximate surface area is 125 Å². The maximum Gasteiger partial charge on any atom is 0.313 e. The van der Waals surface area contributed by atoms with Crippen molar-refractivity contribution in [2.75, 3.05) is 19.0 Å². The molecule has 0 heterocycles. The summed E-state index contributed by atoms with van der Waals surface area (Å²) in [5.74, 6) is -0.808. The number of methoxy groups -OCH3 is 1. The monoisotopic (exact) mass is 293 g/mol. The second kappa shape index (κ2) is 7.22. The van der Waals surface area contributed by atoms with E-state index >= 15 is 0 Å². The molecule has 1 unspecified atom stereocenters. The Morgan fingerprint density at radius 2 is 1.86 bits per heavy atom. The van der Waals surface area contributed by atoms with Crippen LogP contribution in [0.25, 0.3) is 0 Å². The van der Waals surface area contributed by atoms with Gasteiger partial charge in [-0.05, 0) is 37.5 Å². The summed E-state index contributed by atoms with van der Waals surface area (Å²) >= 11 is 0. The smallest absolute Gasteiger partial charge is 0.313 e. The SMILES string of the molecule is COCC(C)CC(=O)Nc1ccc(C(C)(C)C(=O)O)cc1. The number of rotatable bonds is 7. The van der Waals surface area contributed by atoms with Crippen LogP contribution in [-0.4, -0.2) is 30.7 Å². The van der Waals surface area contributed by atoms with Gasteiger partial charge >= 0.3 is 5.97 Å². The Balaban J connectivity index is 2.67. The molecule has 0 radical (unpaired) electrons. The lowest BCUT2D eigenvalue weighted by atomic mass is 9.85. The molecule has 5 nitrogen and oxygen atoms in total. The van der Waals surface area contributed by atoms with Gasteiger partial charge in [0.15, 0.2) is 0 Å². The van der Waals surface area contributed by atoms with E-state index in [1.165, 1.54) is 0 Å². The number of amides is 1. The third-order valence-corrected chi connectivity index (χ3v) is 3.41. The van der Waals surface area contributed by atoms with Gasteiger partial charge in [-0.3, -0.25) is 9.59 Å². The molecule has 116 valence electrons. The molecule has 0 fully saturated rings. The Kier molecular flexibility index (Phi) is 5.90. The van der Waals surface area contributed by atoms with Gasteiger partial charge in [-0.1, -0.05) is 19.1 Å². The minimum absolute atomic E-state index is 0.0789. The molecule has 21 heavy (non-hydrogen) atoms. The molecule has 0 saturated heterocycles. The predicted molar refractivity (Wildman–Crippen MR) is 81.4 cm³/mol. The van der Waals surface area contributed by atoms with Crippen molar-refractivity contribution in [2.45, 2.75) is 32.6 Å². The molecule has 1 aromatic rings. The van der Waals surface area contributed by atoms with Crippen molar-refractivity contribution in [1.82, 2.24) is 0 Å². The van der Waals surface area contributed by atoms with E-state index in [0.717, 1.165) is 0 Å². The number of benzene rings is 1. The van der Waals surface area contributed by atoms with Crippen LogP contribution in [0.2, 0.25) is 0 Å². The highest BCUT2D eigenvalue weighted by Crippen LogP contribution is 2.24. The van der Waals surface area contributed by atoms with Crippen LogP contribution in [0.3, 0.4) is 0 Å². The van der Waals surface area contributed by atoms with E-state index in [0.29, 0.717) is 24.3 Å². The number of anilines is 1. The van der Waals surface area contributed by atoms with Gasteiger partial charge in [0.05, 0.1) is 5.41 Å². The molecule has 0 spiro atoms. The van der Waals surface area contributed by atoms with E-state index in [1.807, 2.05) is 6.92 Å². The highest BCUT2D eigenvalue weighted by Gasteiger charge is 2.29. The maximum absolute atomic E-state index is 11.8. The van der Waals surface area contributed by atoms with Crippen LogP contribution < -0.4 is 5.32 Å². The summed E-state index contributed by atoms with van der Waals surface area (Å²) in [5, 5.41) is 12.0. The summed E-state index contributed by atoms with van der Waals surface area (Å²) in [6, 6.07) is 6.89. The van der Waals surface area contributed by atoms with Crippen LogP contribution >= 0.6 is 0 Å². The zero-order valence-corrected chi connectivity index (χ0v) is 13.0. The van der Waals surface area contributed by atoms with Crippen molar-refractivity contribution < 1.29 is 19.4 Å². The molecule has 1 aromatic carbocycles. The normalized spacial score (nSPS) is 12.8. The molecule has 0 aromatic heterocycles. The van der Waals surface area contributed by atoms with E-state index in [2.05, 4.69) is 5.32 Å².